The standard InChI is InChI=1S/C10H20ClNO/c1-4-7-12(8-5-2)10(13)9(11)6-3/h9H,4-8H2,1-3H3/t9-/m1/s1. The van der Waals surface area contributed by atoms with E-state index in [-0.39, 0.29) is 11.3 Å². The van der Waals surface area contributed by atoms with E-state index in [1.54, 1.807) is 0 Å². The molecule has 0 unspecified atom stereocenters. The van der Waals surface area contributed by atoms with E-state index in [0.717, 1.165) is 25.9 Å². The molecule has 3 heteroatoms. The quantitative estimate of drug-likeness (QED) is 0.611. The second-order valence-corrected chi connectivity index (χ2v) is 3.73. The van der Waals surface area contributed by atoms with Gasteiger partial charge in [-0.2, -0.15) is 0 Å². The summed E-state index contributed by atoms with van der Waals surface area (Å²) in [5, 5.41) is -0.335. The summed E-state index contributed by atoms with van der Waals surface area (Å²) < 4.78 is 0. The van der Waals surface area contributed by atoms with Crippen LogP contribution in [-0.4, -0.2) is 29.3 Å². The molecular weight excluding hydrogens is 186 g/mol. The zero-order chi connectivity index (χ0) is 10.3. The summed E-state index contributed by atoms with van der Waals surface area (Å²) >= 11 is 5.89. The maximum Gasteiger partial charge on any atom is 0.240 e. The molecule has 1 amide bonds. The van der Waals surface area contributed by atoms with Gasteiger partial charge in [-0.05, 0) is 19.3 Å². The van der Waals surface area contributed by atoms with Crippen molar-refractivity contribution in [1.29, 1.82) is 0 Å². The first-order valence-corrected chi connectivity index (χ1v) is 5.53. The minimum atomic E-state index is -0.335. The van der Waals surface area contributed by atoms with Gasteiger partial charge < -0.3 is 4.90 Å². The molecule has 0 N–H and O–H groups in total. The molecule has 0 aliphatic heterocycles. The Morgan fingerprint density at radius 3 is 2.00 bits per heavy atom. The highest BCUT2D eigenvalue weighted by Crippen LogP contribution is 2.07. The largest absolute Gasteiger partial charge is 0.341 e. The number of rotatable bonds is 6. The van der Waals surface area contributed by atoms with Crippen molar-refractivity contribution in [2.75, 3.05) is 13.1 Å². The number of halogens is 1. The molecule has 0 fully saturated rings. The zero-order valence-electron chi connectivity index (χ0n) is 8.85. The lowest BCUT2D eigenvalue weighted by Gasteiger charge is -2.23. The first-order valence-electron chi connectivity index (χ1n) is 5.10. The van der Waals surface area contributed by atoms with Crippen molar-refractivity contribution in [1.82, 2.24) is 4.90 Å². The number of carbonyl (C=O) groups is 1. The molecule has 0 radical (unpaired) electrons. The second kappa shape index (κ2) is 7.19. The predicted molar refractivity (Wildman–Crippen MR) is 57.1 cm³/mol. The van der Waals surface area contributed by atoms with Crippen molar-refractivity contribution in [2.24, 2.45) is 0 Å². The summed E-state index contributed by atoms with van der Waals surface area (Å²) in [6.07, 6.45) is 2.71. The van der Waals surface area contributed by atoms with E-state index in [9.17, 15) is 4.79 Å². The second-order valence-electron chi connectivity index (χ2n) is 3.20. The molecule has 13 heavy (non-hydrogen) atoms. The van der Waals surface area contributed by atoms with Crippen LogP contribution in [0.2, 0.25) is 0 Å². The van der Waals surface area contributed by atoms with Crippen molar-refractivity contribution in [3.8, 4) is 0 Å². The lowest BCUT2D eigenvalue weighted by molar-refractivity contribution is -0.130. The van der Waals surface area contributed by atoms with E-state index in [0.29, 0.717) is 6.42 Å². The van der Waals surface area contributed by atoms with Crippen molar-refractivity contribution >= 4 is 17.5 Å². The predicted octanol–water partition coefficient (Wildman–Crippen LogP) is 2.65. The van der Waals surface area contributed by atoms with Crippen LogP contribution in [0.1, 0.15) is 40.0 Å². The molecule has 1 atom stereocenters. The Balaban J connectivity index is 4.09. The van der Waals surface area contributed by atoms with Gasteiger partial charge in [0.1, 0.15) is 5.38 Å². The molecule has 0 heterocycles. The van der Waals surface area contributed by atoms with Crippen molar-refractivity contribution in [3.05, 3.63) is 0 Å². The smallest absolute Gasteiger partial charge is 0.240 e. The third-order valence-electron chi connectivity index (χ3n) is 1.93. The number of hydrogen-bond acceptors (Lipinski definition) is 1. The number of nitrogens with zero attached hydrogens (tertiary/aromatic N) is 1. The minimum absolute atomic E-state index is 0.0906. The maximum atomic E-state index is 11.6. The molecule has 0 spiro atoms. The SMILES string of the molecule is CCCN(CCC)C(=O)[C@H](Cl)CC. The van der Waals surface area contributed by atoms with Crippen LogP contribution in [-0.2, 0) is 4.79 Å². The van der Waals surface area contributed by atoms with E-state index in [1.165, 1.54) is 0 Å². The Labute approximate surface area is 86.2 Å². The van der Waals surface area contributed by atoms with E-state index >= 15 is 0 Å². The summed E-state index contributed by atoms with van der Waals surface area (Å²) in [4.78, 5) is 13.5. The van der Waals surface area contributed by atoms with Gasteiger partial charge in [-0.25, -0.2) is 0 Å². The van der Waals surface area contributed by atoms with Crippen LogP contribution >= 0.6 is 11.6 Å². The molecule has 0 bridgehead atoms. The van der Waals surface area contributed by atoms with Gasteiger partial charge in [0.15, 0.2) is 0 Å². The van der Waals surface area contributed by atoms with Crippen LogP contribution in [0.5, 0.6) is 0 Å². The van der Waals surface area contributed by atoms with Crippen LogP contribution in [0.15, 0.2) is 0 Å². The molecule has 2 nitrogen and oxygen atoms in total. The molecule has 0 aromatic carbocycles. The third kappa shape index (κ3) is 4.51. The summed E-state index contributed by atoms with van der Waals surface area (Å²) in [7, 11) is 0. The highest BCUT2D eigenvalue weighted by atomic mass is 35.5. The molecule has 0 aromatic heterocycles. The Morgan fingerprint density at radius 1 is 1.23 bits per heavy atom. The Hall–Kier alpha value is -0.240. The third-order valence-corrected chi connectivity index (χ3v) is 2.42. The fourth-order valence-corrected chi connectivity index (χ4v) is 1.38. The minimum Gasteiger partial charge on any atom is -0.341 e. The number of alkyl halides is 1. The van der Waals surface area contributed by atoms with Gasteiger partial charge in [-0.1, -0.05) is 20.8 Å². The first-order chi connectivity index (χ1) is 6.17. The Morgan fingerprint density at radius 2 is 1.69 bits per heavy atom. The molecule has 0 saturated heterocycles. The lowest BCUT2D eigenvalue weighted by Crippen LogP contribution is -2.37. The first kappa shape index (κ1) is 12.8. The Bertz CT molecular complexity index is 144. The van der Waals surface area contributed by atoms with Crippen LogP contribution in [0, 0.1) is 0 Å². The summed E-state index contributed by atoms with van der Waals surface area (Å²) in [5.74, 6) is 0.0906. The molecule has 0 aliphatic carbocycles. The topological polar surface area (TPSA) is 20.3 Å². The normalized spacial score (nSPS) is 12.6. The van der Waals surface area contributed by atoms with Crippen LogP contribution < -0.4 is 0 Å². The van der Waals surface area contributed by atoms with Gasteiger partial charge in [0.05, 0.1) is 0 Å². The molecular formula is C10H20ClNO. The molecule has 0 aromatic rings. The van der Waals surface area contributed by atoms with Crippen LogP contribution in [0.3, 0.4) is 0 Å². The van der Waals surface area contributed by atoms with Gasteiger partial charge in [0, 0.05) is 13.1 Å². The van der Waals surface area contributed by atoms with Crippen molar-refractivity contribution in [3.63, 3.8) is 0 Å². The average molecular weight is 206 g/mol. The van der Waals surface area contributed by atoms with Gasteiger partial charge in [0.2, 0.25) is 5.91 Å². The van der Waals surface area contributed by atoms with E-state index < -0.39 is 0 Å². The monoisotopic (exact) mass is 205 g/mol. The fraction of sp³-hybridized carbons (Fsp3) is 0.900. The highest BCUT2D eigenvalue weighted by molar-refractivity contribution is 6.30. The summed E-state index contributed by atoms with van der Waals surface area (Å²) in [5.41, 5.74) is 0. The van der Waals surface area contributed by atoms with Gasteiger partial charge in [-0.15, -0.1) is 11.6 Å². The van der Waals surface area contributed by atoms with Crippen LogP contribution in [0.25, 0.3) is 0 Å². The van der Waals surface area contributed by atoms with Crippen molar-refractivity contribution < 1.29 is 4.79 Å². The van der Waals surface area contributed by atoms with Crippen LogP contribution in [0.4, 0.5) is 0 Å². The summed E-state index contributed by atoms with van der Waals surface area (Å²) in [6, 6.07) is 0. The van der Waals surface area contributed by atoms with Crippen molar-refractivity contribution in [2.45, 2.75) is 45.4 Å². The highest BCUT2D eigenvalue weighted by Gasteiger charge is 2.18. The van der Waals surface area contributed by atoms with E-state index in [2.05, 4.69) is 13.8 Å². The number of carbonyl (C=O) groups excluding carboxylic acids is 1. The number of hydrogen-bond donors (Lipinski definition) is 0. The average Bonchev–Trinajstić information content (AvgIpc) is 2.15. The lowest BCUT2D eigenvalue weighted by atomic mass is 10.2. The van der Waals surface area contributed by atoms with Gasteiger partial charge in [0.25, 0.3) is 0 Å². The van der Waals surface area contributed by atoms with Gasteiger partial charge in [-0.3, -0.25) is 4.79 Å². The maximum absolute atomic E-state index is 11.6. The Kier molecular flexibility index (Phi) is 7.06. The molecule has 78 valence electrons. The van der Waals surface area contributed by atoms with E-state index in [1.807, 2.05) is 11.8 Å². The molecule has 0 saturated carbocycles. The van der Waals surface area contributed by atoms with Gasteiger partial charge >= 0.3 is 0 Å². The fourth-order valence-electron chi connectivity index (χ4n) is 1.24. The zero-order valence-corrected chi connectivity index (χ0v) is 9.60. The molecule has 0 aliphatic rings. The molecule has 0 rings (SSSR count). The number of amides is 1. The summed E-state index contributed by atoms with van der Waals surface area (Å²) in [6.45, 7) is 7.74. The van der Waals surface area contributed by atoms with E-state index in [4.69, 9.17) is 11.6 Å².